The van der Waals surface area contributed by atoms with E-state index in [1.54, 1.807) is 6.07 Å². The van der Waals surface area contributed by atoms with Gasteiger partial charge in [0.1, 0.15) is 0 Å². The molecule has 0 unspecified atom stereocenters. The Bertz CT molecular complexity index is 621. The van der Waals surface area contributed by atoms with Gasteiger partial charge in [-0.2, -0.15) is 0 Å². The minimum absolute atomic E-state index is 0.123. The lowest BCUT2D eigenvalue weighted by Crippen LogP contribution is -2.12. The average molecular weight is 397 g/mol. The molecule has 0 spiro atoms. The molecule has 20 heavy (non-hydrogen) atoms. The number of hydrogen-bond donors (Lipinski definition) is 1. The molecular weight excluding hydrogens is 382 g/mol. The Labute approximate surface area is 135 Å². The number of carbonyl (C=O) groups is 1. The van der Waals surface area contributed by atoms with Gasteiger partial charge < -0.3 is 5.32 Å². The van der Waals surface area contributed by atoms with Gasteiger partial charge in [0.2, 0.25) is 0 Å². The van der Waals surface area contributed by atoms with Crippen LogP contribution in [0.3, 0.4) is 0 Å². The van der Waals surface area contributed by atoms with Crippen LogP contribution in [-0.4, -0.2) is 5.91 Å². The molecule has 0 saturated heterocycles. The van der Waals surface area contributed by atoms with E-state index in [1.807, 2.05) is 36.4 Å². The van der Waals surface area contributed by atoms with Crippen LogP contribution in [-0.2, 0) is 0 Å². The lowest BCUT2D eigenvalue weighted by atomic mass is 10.0. The third kappa shape index (κ3) is 3.70. The van der Waals surface area contributed by atoms with E-state index in [4.69, 9.17) is 0 Å². The van der Waals surface area contributed by atoms with E-state index in [2.05, 4.69) is 51.0 Å². The zero-order chi connectivity index (χ0) is 14.7. The second-order valence-corrected chi connectivity index (χ2v) is 6.63. The van der Waals surface area contributed by atoms with E-state index >= 15 is 0 Å². The highest BCUT2D eigenvalue weighted by Crippen LogP contribution is 2.23. The predicted octanol–water partition coefficient (Wildman–Crippen LogP) is 5.59. The van der Waals surface area contributed by atoms with Crippen molar-refractivity contribution in [3.63, 3.8) is 0 Å². The van der Waals surface area contributed by atoms with Crippen LogP contribution in [0.4, 0.5) is 5.69 Å². The van der Waals surface area contributed by atoms with E-state index in [9.17, 15) is 4.79 Å². The Kier molecular flexibility index (Phi) is 5.00. The summed E-state index contributed by atoms with van der Waals surface area (Å²) in [5.74, 6) is 0.363. The van der Waals surface area contributed by atoms with Gasteiger partial charge in [0, 0.05) is 14.6 Å². The Morgan fingerprint density at radius 1 is 1.05 bits per heavy atom. The van der Waals surface area contributed by atoms with E-state index in [1.165, 1.54) is 5.56 Å². The number of anilines is 1. The van der Waals surface area contributed by atoms with Gasteiger partial charge >= 0.3 is 0 Å². The summed E-state index contributed by atoms with van der Waals surface area (Å²) >= 11 is 6.77. The first kappa shape index (κ1) is 15.3. The standard InChI is InChI=1S/C16H15Br2NO/c1-10(2)11-3-6-13(7-4-11)19-16(20)14-8-5-12(17)9-15(14)18/h3-10H,1-2H3,(H,19,20). The molecule has 4 heteroatoms. The fraction of sp³-hybridized carbons (Fsp3) is 0.188. The highest BCUT2D eigenvalue weighted by molar-refractivity contribution is 9.11. The van der Waals surface area contributed by atoms with E-state index in [-0.39, 0.29) is 5.91 Å². The van der Waals surface area contributed by atoms with Gasteiger partial charge in [0.05, 0.1) is 5.56 Å². The van der Waals surface area contributed by atoms with Gasteiger partial charge in [-0.25, -0.2) is 0 Å². The van der Waals surface area contributed by atoms with Crippen LogP contribution in [0.2, 0.25) is 0 Å². The van der Waals surface area contributed by atoms with Crippen LogP contribution >= 0.6 is 31.9 Å². The molecule has 0 fully saturated rings. The van der Waals surface area contributed by atoms with Crippen LogP contribution in [0.1, 0.15) is 35.7 Å². The maximum Gasteiger partial charge on any atom is 0.256 e. The topological polar surface area (TPSA) is 29.1 Å². The summed E-state index contributed by atoms with van der Waals surface area (Å²) < 4.78 is 1.70. The van der Waals surface area contributed by atoms with Crippen LogP contribution < -0.4 is 5.32 Å². The van der Waals surface area contributed by atoms with Crippen LogP contribution in [0, 0.1) is 0 Å². The van der Waals surface area contributed by atoms with Crippen molar-refractivity contribution in [3.8, 4) is 0 Å². The molecule has 0 saturated carbocycles. The summed E-state index contributed by atoms with van der Waals surface area (Å²) in [7, 11) is 0. The zero-order valence-electron chi connectivity index (χ0n) is 11.3. The van der Waals surface area contributed by atoms with Crippen molar-refractivity contribution >= 4 is 43.5 Å². The summed E-state index contributed by atoms with van der Waals surface area (Å²) in [6, 6.07) is 13.4. The Balaban J connectivity index is 2.15. The third-order valence-corrected chi connectivity index (χ3v) is 4.16. The third-order valence-electron chi connectivity index (χ3n) is 3.01. The van der Waals surface area contributed by atoms with Crippen LogP contribution in [0.15, 0.2) is 51.4 Å². The quantitative estimate of drug-likeness (QED) is 0.719. The number of halogens is 2. The molecule has 0 heterocycles. The number of carbonyl (C=O) groups excluding carboxylic acids is 1. The summed E-state index contributed by atoms with van der Waals surface area (Å²) in [4.78, 5) is 12.2. The van der Waals surface area contributed by atoms with Crippen molar-refractivity contribution < 1.29 is 4.79 Å². The van der Waals surface area contributed by atoms with Gasteiger partial charge in [-0.15, -0.1) is 0 Å². The average Bonchev–Trinajstić information content (AvgIpc) is 2.39. The van der Waals surface area contributed by atoms with Crippen molar-refractivity contribution in [2.24, 2.45) is 0 Å². The molecule has 2 nitrogen and oxygen atoms in total. The van der Waals surface area contributed by atoms with Crippen molar-refractivity contribution in [1.29, 1.82) is 0 Å². The minimum Gasteiger partial charge on any atom is -0.322 e. The van der Waals surface area contributed by atoms with E-state index < -0.39 is 0 Å². The first-order chi connectivity index (χ1) is 9.47. The second-order valence-electron chi connectivity index (χ2n) is 4.86. The molecule has 0 aliphatic rings. The molecule has 2 aromatic rings. The van der Waals surface area contributed by atoms with Crippen LogP contribution in [0.5, 0.6) is 0 Å². The van der Waals surface area contributed by atoms with Gasteiger partial charge in [0.25, 0.3) is 5.91 Å². The van der Waals surface area contributed by atoms with E-state index in [0.29, 0.717) is 11.5 Å². The predicted molar refractivity (Wildman–Crippen MR) is 90.3 cm³/mol. The van der Waals surface area contributed by atoms with Gasteiger partial charge in [0.15, 0.2) is 0 Å². The number of nitrogens with one attached hydrogen (secondary N) is 1. The summed E-state index contributed by atoms with van der Waals surface area (Å²) in [6.45, 7) is 4.29. The Hall–Kier alpha value is -1.13. The lowest BCUT2D eigenvalue weighted by Gasteiger charge is -2.09. The Morgan fingerprint density at radius 3 is 2.25 bits per heavy atom. The van der Waals surface area contributed by atoms with Crippen molar-refractivity contribution in [1.82, 2.24) is 0 Å². The zero-order valence-corrected chi connectivity index (χ0v) is 14.5. The molecule has 1 amide bonds. The summed E-state index contributed by atoms with van der Waals surface area (Å²) in [6.07, 6.45) is 0. The van der Waals surface area contributed by atoms with Gasteiger partial charge in [-0.05, 0) is 57.7 Å². The SMILES string of the molecule is CC(C)c1ccc(NC(=O)c2ccc(Br)cc2Br)cc1. The molecule has 0 atom stereocenters. The fourth-order valence-corrected chi connectivity index (χ4v) is 3.05. The smallest absolute Gasteiger partial charge is 0.256 e. The van der Waals surface area contributed by atoms with Gasteiger partial charge in [-0.3, -0.25) is 4.79 Å². The van der Waals surface area contributed by atoms with Crippen molar-refractivity contribution in [3.05, 3.63) is 62.5 Å². The molecule has 0 bridgehead atoms. The molecule has 1 N–H and O–H groups in total. The summed E-state index contributed by atoms with van der Waals surface area (Å²) in [5.41, 5.74) is 2.67. The highest BCUT2D eigenvalue weighted by atomic mass is 79.9. The largest absolute Gasteiger partial charge is 0.322 e. The highest BCUT2D eigenvalue weighted by Gasteiger charge is 2.10. The molecule has 0 radical (unpaired) electrons. The maximum absolute atomic E-state index is 12.2. The molecule has 104 valence electrons. The lowest BCUT2D eigenvalue weighted by molar-refractivity contribution is 0.102. The molecule has 0 aliphatic carbocycles. The number of hydrogen-bond acceptors (Lipinski definition) is 1. The number of amides is 1. The first-order valence-electron chi connectivity index (χ1n) is 6.33. The molecule has 2 rings (SSSR count). The fourth-order valence-electron chi connectivity index (χ4n) is 1.82. The summed E-state index contributed by atoms with van der Waals surface area (Å²) in [5, 5.41) is 2.90. The Morgan fingerprint density at radius 2 is 1.70 bits per heavy atom. The normalized spacial score (nSPS) is 10.7. The maximum atomic E-state index is 12.2. The van der Waals surface area contributed by atoms with E-state index in [0.717, 1.165) is 14.6 Å². The van der Waals surface area contributed by atoms with Crippen LogP contribution in [0.25, 0.3) is 0 Å². The van der Waals surface area contributed by atoms with Crippen molar-refractivity contribution in [2.75, 3.05) is 5.32 Å². The molecule has 0 aromatic heterocycles. The number of rotatable bonds is 3. The molecule has 2 aromatic carbocycles. The second kappa shape index (κ2) is 6.55. The monoisotopic (exact) mass is 395 g/mol. The van der Waals surface area contributed by atoms with Gasteiger partial charge in [-0.1, -0.05) is 41.9 Å². The first-order valence-corrected chi connectivity index (χ1v) is 7.92. The molecular formula is C16H15Br2NO. The number of benzene rings is 2. The van der Waals surface area contributed by atoms with Crippen molar-refractivity contribution in [2.45, 2.75) is 19.8 Å². The molecule has 0 aliphatic heterocycles. The minimum atomic E-state index is -0.123.